The van der Waals surface area contributed by atoms with Crippen LogP contribution >= 0.6 is 0 Å². The van der Waals surface area contributed by atoms with E-state index in [0.717, 1.165) is 116 Å². The van der Waals surface area contributed by atoms with E-state index in [2.05, 4.69) is 71.4 Å². The summed E-state index contributed by atoms with van der Waals surface area (Å²) in [6.45, 7) is 18.2. The van der Waals surface area contributed by atoms with E-state index in [9.17, 15) is 28.8 Å². The minimum atomic E-state index is -1.88. The Morgan fingerprint density at radius 1 is 0.203 bits per heavy atom. The molecule has 728 valence electrons. The van der Waals surface area contributed by atoms with E-state index < -0.39 is 66.7 Å². The Kier molecular flexibility index (Phi) is 87.9. The fourth-order valence-electron chi connectivity index (χ4n) is 16.1. The van der Waals surface area contributed by atoms with Gasteiger partial charge in [-0.05, 0) is 113 Å². The summed E-state index contributed by atoms with van der Waals surface area (Å²) >= 11 is 0. The standard InChI is InChI=1S/C104H204N6O13/c1-12-18-24-30-36-42-48-54-60-66-78-105-79-72-97(111)121-95-104(123-102(116)77-89-110(11)84-71-65-59-53-47-41-35-29-23-17-6,96-122-101(115)76-88-109(10)83-70-64-58-52-46-40-34-28-22-16-5)94-117-90-103(91-118-98(112)73-85-106(7)80-67-61-55-49-43-37-31-25-19-13-2,92-119-99(113)74-86-107(8)81-68-62-56-50-44-38-32-26-20-14-3)93-120-100(114)75-87-108(9)82-69-63-57-51-45-39-33-27-21-15-4/h105H,12-96H2,1-11H3. The van der Waals surface area contributed by atoms with E-state index >= 15 is 0 Å². The van der Waals surface area contributed by atoms with Gasteiger partial charge in [-0.3, -0.25) is 28.8 Å². The number of nitrogens with one attached hydrogen (secondary N) is 1. The SMILES string of the molecule is CCCCCCCCCCCCNCCC(=O)OCC(COCC(COC(=O)CCN(C)CCCCCCCCCCCC)(COC(=O)CCN(C)CCCCCCCCCCCC)COC(=O)CCN(C)CCCCCCCCCCCC)(COC(=O)CCN(C)CCCCCCCCCCCC)OC(=O)CCN(C)CCCCCCCCCCCC. The average Bonchev–Trinajstić information content (AvgIpc) is 0.832. The topological polar surface area (TPSA) is 195 Å². The maximum absolute atomic E-state index is 14.7. The molecule has 1 atom stereocenters. The first-order chi connectivity index (χ1) is 59.9. The highest BCUT2D eigenvalue weighted by Crippen LogP contribution is 2.27. The van der Waals surface area contributed by atoms with Crippen molar-refractivity contribution >= 4 is 35.8 Å². The fourth-order valence-corrected chi connectivity index (χ4v) is 16.1. The molecule has 0 heterocycles. The maximum atomic E-state index is 14.7. The van der Waals surface area contributed by atoms with Crippen molar-refractivity contribution in [2.45, 2.75) is 471 Å². The molecule has 0 spiro atoms. The number of carbonyl (C=O) groups is 6. The summed E-state index contributed by atoms with van der Waals surface area (Å²) in [5, 5.41) is 3.44. The Balaban J connectivity index is 7.57. The fraction of sp³-hybridized carbons (Fsp3) is 0.942. The Morgan fingerprint density at radius 3 is 0.634 bits per heavy atom. The van der Waals surface area contributed by atoms with Gasteiger partial charge in [0.25, 0.3) is 0 Å². The lowest BCUT2D eigenvalue weighted by Gasteiger charge is -2.36. The zero-order valence-corrected chi connectivity index (χ0v) is 83.1. The molecule has 0 bridgehead atoms. The van der Waals surface area contributed by atoms with Crippen LogP contribution in [0.5, 0.6) is 0 Å². The monoisotopic (exact) mass is 1750 g/mol. The molecule has 0 aromatic heterocycles. The van der Waals surface area contributed by atoms with Crippen molar-refractivity contribution in [3.05, 3.63) is 0 Å². The van der Waals surface area contributed by atoms with Gasteiger partial charge in [-0.2, -0.15) is 0 Å². The summed E-state index contributed by atoms with van der Waals surface area (Å²) in [5.41, 5.74) is -3.37. The number of hydrogen-bond acceptors (Lipinski definition) is 19. The number of ether oxygens (including phenoxy) is 7. The van der Waals surface area contributed by atoms with Crippen molar-refractivity contribution in [2.24, 2.45) is 5.41 Å². The second-order valence-electron chi connectivity index (χ2n) is 37.8. The van der Waals surface area contributed by atoms with Gasteiger partial charge in [0.2, 0.25) is 5.60 Å². The van der Waals surface area contributed by atoms with E-state index in [0.29, 0.717) is 39.3 Å². The van der Waals surface area contributed by atoms with Crippen molar-refractivity contribution in [3.63, 3.8) is 0 Å². The van der Waals surface area contributed by atoms with Crippen LogP contribution in [0.25, 0.3) is 0 Å². The van der Waals surface area contributed by atoms with Gasteiger partial charge in [0.15, 0.2) is 0 Å². The molecule has 0 aliphatic heterocycles. The van der Waals surface area contributed by atoms with Crippen LogP contribution < -0.4 is 5.32 Å². The lowest BCUT2D eigenvalue weighted by atomic mass is 9.92. The highest BCUT2D eigenvalue weighted by molar-refractivity contribution is 5.72. The molecule has 0 aromatic rings. The second kappa shape index (κ2) is 90.5. The maximum Gasteiger partial charge on any atom is 0.307 e. The molecule has 0 saturated carbocycles. The first kappa shape index (κ1) is 120. The van der Waals surface area contributed by atoms with Crippen LogP contribution in [-0.2, 0) is 61.9 Å². The predicted octanol–water partition coefficient (Wildman–Crippen LogP) is 25.1. The summed E-state index contributed by atoms with van der Waals surface area (Å²) < 4.78 is 44.7. The van der Waals surface area contributed by atoms with E-state index in [1.54, 1.807) is 0 Å². The van der Waals surface area contributed by atoms with Gasteiger partial charge in [-0.1, -0.05) is 388 Å². The summed E-state index contributed by atoms with van der Waals surface area (Å²) in [7, 11) is 10.1. The Morgan fingerprint density at radius 2 is 0.398 bits per heavy atom. The highest BCUT2D eigenvalue weighted by Gasteiger charge is 2.42. The zero-order chi connectivity index (χ0) is 90.1. The molecule has 0 aliphatic carbocycles. The van der Waals surface area contributed by atoms with Crippen molar-refractivity contribution in [1.82, 2.24) is 29.8 Å². The molecule has 123 heavy (non-hydrogen) atoms. The Labute approximate surface area is 759 Å². The second-order valence-corrected chi connectivity index (χ2v) is 37.8. The minimum absolute atomic E-state index is 0.00629. The number of nitrogens with zero attached hydrogens (tertiary/aromatic N) is 5. The number of carbonyl (C=O) groups excluding carboxylic acids is 6. The third-order valence-corrected chi connectivity index (χ3v) is 24.9. The van der Waals surface area contributed by atoms with E-state index in [-0.39, 0.29) is 65.0 Å². The van der Waals surface area contributed by atoms with Gasteiger partial charge in [-0.15, -0.1) is 0 Å². The molecule has 0 amide bonds. The molecule has 0 aliphatic rings. The summed E-state index contributed by atoms with van der Waals surface area (Å²) in [4.78, 5) is 96.6. The quantitative estimate of drug-likeness (QED) is 0.0343. The average molecular weight is 1750 g/mol. The van der Waals surface area contributed by atoms with Gasteiger partial charge in [0.05, 0.1) is 57.2 Å². The van der Waals surface area contributed by atoms with Crippen LogP contribution in [0.4, 0.5) is 0 Å². The van der Waals surface area contributed by atoms with Gasteiger partial charge in [0, 0.05) is 39.3 Å². The van der Waals surface area contributed by atoms with E-state index in [1.165, 1.54) is 308 Å². The summed E-state index contributed by atoms with van der Waals surface area (Å²) in [5.74, 6) is -3.04. The number of esters is 6. The molecular formula is C104H204N6O13. The minimum Gasteiger partial charge on any atom is -0.465 e. The molecule has 19 nitrogen and oxygen atoms in total. The van der Waals surface area contributed by atoms with Crippen molar-refractivity contribution in [1.29, 1.82) is 0 Å². The molecule has 0 aromatic carbocycles. The number of hydrogen-bond donors (Lipinski definition) is 1. The molecule has 1 unspecified atom stereocenters. The van der Waals surface area contributed by atoms with Gasteiger partial charge < -0.3 is 63.0 Å². The Bertz CT molecular complexity index is 2220. The highest BCUT2D eigenvalue weighted by atomic mass is 16.6. The van der Waals surface area contributed by atoms with Crippen LogP contribution in [0.3, 0.4) is 0 Å². The van der Waals surface area contributed by atoms with Gasteiger partial charge in [-0.25, -0.2) is 0 Å². The molecule has 1 N–H and O–H groups in total. The zero-order valence-electron chi connectivity index (χ0n) is 83.1. The molecule has 0 radical (unpaired) electrons. The van der Waals surface area contributed by atoms with E-state index in [4.69, 9.17) is 33.2 Å². The molecule has 0 saturated heterocycles. The van der Waals surface area contributed by atoms with Crippen molar-refractivity contribution < 1.29 is 61.9 Å². The van der Waals surface area contributed by atoms with Crippen LogP contribution in [0, 0.1) is 5.41 Å². The van der Waals surface area contributed by atoms with Crippen LogP contribution in [0.2, 0.25) is 0 Å². The summed E-state index contributed by atoms with van der Waals surface area (Å²) in [6, 6.07) is 0. The van der Waals surface area contributed by atoms with E-state index in [1.807, 2.05) is 35.2 Å². The lowest BCUT2D eigenvalue weighted by Crippen LogP contribution is -2.51. The normalized spacial score (nSPS) is 12.4. The number of rotatable bonds is 99. The van der Waals surface area contributed by atoms with Crippen LogP contribution in [-0.4, -0.2) is 226 Å². The first-order valence-corrected chi connectivity index (χ1v) is 52.6. The predicted molar refractivity (Wildman–Crippen MR) is 516 cm³/mol. The largest absolute Gasteiger partial charge is 0.465 e. The first-order valence-electron chi connectivity index (χ1n) is 52.6. The smallest absolute Gasteiger partial charge is 0.307 e. The van der Waals surface area contributed by atoms with Gasteiger partial charge in [0.1, 0.15) is 33.0 Å². The third kappa shape index (κ3) is 82.7. The summed E-state index contributed by atoms with van der Waals surface area (Å²) in [6.07, 6.45) is 74.4. The third-order valence-electron chi connectivity index (χ3n) is 24.9. The Hall–Kier alpha value is -3.46. The molecule has 0 rings (SSSR count). The molecule has 0 fully saturated rings. The van der Waals surface area contributed by atoms with Crippen molar-refractivity contribution in [3.8, 4) is 0 Å². The molecular weight excluding hydrogens is 1540 g/mol. The number of unbranched alkanes of at least 4 members (excludes halogenated alkanes) is 54. The van der Waals surface area contributed by atoms with Crippen LogP contribution in [0.15, 0.2) is 0 Å². The van der Waals surface area contributed by atoms with Gasteiger partial charge >= 0.3 is 35.8 Å². The lowest BCUT2D eigenvalue weighted by molar-refractivity contribution is -0.200. The van der Waals surface area contributed by atoms with Crippen LogP contribution in [0.1, 0.15) is 465 Å². The molecule has 19 heteroatoms. The van der Waals surface area contributed by atoms with Crippen molar-refractivity contribution in [2.75, 3.05) is 160 Å².